The molecule has 3 heterocycles. The highest BCUT2D eigenvalue weighted by Crippen LogP contribution is 2.39. The van der Waals surface area contributed by atoms with Crippen molar-refractivity contribution in [1.29, 1.82) is 0 Å². The number of nitrogens with zero attached hydrogens (tertiary/aromatic N) is 2. The molecule has 0 bridgehead atoms. The van der Waals surface area contributed by atoms with Crippen LogP contribution in [0.15, 0.2) is 154 Å². The Morgan fingerprint density at radius 3 is 1.75 bits per heavy atom. The predicted octanol–water partition coefficient (Wildman–Crippen LogP) is 10.9. The molecule has 0 saturated heterocycles. The molecule has 4 heteroatoms. The van der Waals surface area contributed by atoms with Crippen molar-refractivity contribution in [1.82, 2.24) is 9.97 Å². The number of benzene rings is 6. The van der Waals surface area contributed by atoms with Crippen LogP contribution in [0.25, 0.3) is 88.9 Å². The quantitative estimate of drug-likeness (QED) is 0.213. The highest BCUT2D eigenvalue weighted by molar-refractivity contribution is 6.11. The third kappa shape index (κ3) is 4.00. The maximum atomic E-state index is 6.53. The molecule has 0 radical (unpaired) electrons. The Bertz CT molecular complexity index is 2430. The van der Waals surface area contributed by atoms with E-state index in [-0.39, 0.29) is 0 Å². The molecule has 0 atom stereocenters. The minimum absolute atomic E-state index is 0.630. The Balaban J connectivity index is 1.20. The van der Waals surface area contributed by atoms with Crippen molar-refractivity contribution in [2.45, 2.75) is 0 Å². The monoisotopic (exact) mass is 564 g/mol. The molecule has 0 amide bonds. The molecule has 0 unspecified atom stereocenters. The molecule has 0 aliphatic rings. The van der Waals surface area contributed by atoms with Gasteiger partial charge < -0.3 is 8.83 Å². The highest BCUT2D eigenvalue weighted by atomic mass is 16.3. The first-order valence-corrected chi connectivity index (χ1v) is 14.7. The van der Waals surface area contributed by atoms with Crippen molar-refractivity contribution in [3.8, 4) is 45.0 Å². The van der Waals surface area contributed by atoms with E-state index < -0.39 is 0 Å². The van der Waals surface area contributed by atoms with E-state index >= 15 is 0 Å². The number of aromatic nitrogens is 2. The summed E-state index contributed by atoms with van der Waals surface area (Å²) in [6, 6.07) is 49.7. The maximum absolute atomic E-state index is 6.53. The van der Waals surface area contributed by atoms with Crippen LogP contribution in [0.5, 0.6) is 0 Å². The number of para-hydroxylation sites is 2. The van der Waals surface area contributed by atoms with Crippen LogP contribution in [0.4, 0.5) is 0 Å². The molecule has 0 aliphatic heterocycles. The minimum atomic E-state index is 0.630. The first kappa shape index (κ1) is 24.6. The molecule has 3 aromatic heterocycles. The largest absolute Gasteiger partial charge is 0.456 e. The summed E-state index contributed by atoms with van der Waals surface area (Å²) >= 11 is 0. The first-order valence-electron chi connectivity index (χ1n) is 14.7. The lowest BCUT2D eigenvalue weighted by molar-refractivity contribution is 0.669. The van der Waals surface area contributed by atoms with Gasteiger partial charge in [-0.15, -0.1) is 0 Å². The summed E-state index contributed by atoms with van der Waals surface area (Å²) in [6.07, 6.45) is 0. The molecule has 0 fully saturated rings. The fourth-order valence-electron chi connectivity index (χ4n) is 6.14. The van der Waals surface area contributed by atoms with Gasteiger partial charge in [0.25, 0.3) is 0 Å². The summed E-state index contributed by atoms with van der Waals surface area (Å²) in [5, 5.41) is 4.33. The fourth-order valence-corrected chi connectivity index (χ4v) is 6.14. The summed E-state index contributed by atoms with van der Waals surface area (Å²) < 4.78 is 12.7. The molecule has 9 aromatic rings. The van der Waals surface area contributed by atoms with Crippen LogP contribution in [0.3, 0.4) is 0 Å². The van der Waals surface area contributed by atoms with Crippen LogP contribution >= 0.6 is 0 Å². The van der Waals surface area contributed by atoms with Gasteiger partial charge in [-0.3, -0.25) is 0 Å². The fraction of sp³-hybridized carbons (Fsp3) is 0. The van der Waals surface area contributed by atoms with Gasteiger partial charge in [0.05, 0.1) is 17.0 Å². The number of fused-ring (bicyclic) bond motifs is 6. The zero-order chi connectivity index (χ0) is 29.0. The third-order valence-corrected chi connectivity index (χ3v) is 8.32. The van der Waals surface area contributed by atoms with Crippen LogP contribution in [0.2, 0.25) is 0 Å². The highest BCUT2D eigenvalue weighted by Gasteiger charge is 2.17. The SMILES string of the molecule is c1ccc(-c2cc(-c3ccccc3)nc(-c3cccc4c3oc3ccc(-c5ccc6c(c5)oc5ccccc56)cc34)n2)cc1. The number of hydrogen-bond donors (Lipinski definition) is 0. The Kier molecular flexibility index (Phi) is 5.47. The van der Waals surface area contributed by atoms with Crippen molar-refractivity contribution in [2.24, 2.45) is 0 Å². The number of rotatable bonds is 4. The van der Waals surface area contributed by atoms with Crippen molar-refractivity contribution in [3.63, 3.8) is 0 Å². The van der Waals surface area contributed by atoms with E-state index in [1.165, 1.54) is 0 Å². The van der Waals surface area contributed by atoms with E-state index in [0.29, 0.717) is 5.82 Å². The molecular weight excluding hydrogens is 540 g/mol. The van der Waals surface area contributed by atoms with Crippen LogP contribution in [-0.2, 0) is 0 Å². The average molecular weight is 565 g/mol. The lowest BCUT2D eigenvalue weighted by atomic mass is 10.0. The van der Waals surface area contributed by atoms with E-state index in [2.05, 4.69) is 78.9 Å². The van der Waals surface area contributed by atoms with Crippen LogP contribution < -0.4 is 0 Å². The third-order valence-electron chi connectivity index (χ3n) is 8.32. The van der Waals surface area contributed by atoms with Crippen molar-refractivity contribution < 1.29 is 8.83 Å². The van der Waals surface area contributed by atoms with Gasteiger partial charge in [0, 0.05) is 32.7 Å². The van der Waals surface area contributed by atoms with Gasteiger partial charge in [-0.2, -0.15) is 0 Å². The lowest BCUT2D eigenvalue weighted by Crippen LogP contribution is -1.96. The van der Waals surface area contributed by atoms with Gasteiger partial charge in [-0.1, -0.05) is 103 Å². The van der Waals surface area contributed by atoms with Crippen molar-refractivity contribution in [3.05, 3.63) is 146 Å². The summed E-state index contributed by atoms with van der Waals surface area (Å²) in [5.41, 5.74) is 10.2. The second-order valence-electron chi connectivity index (χ2n) is 11.0. The topological polar surface area (TPSA) is 52.1 Å². The number of hydrogen-bond acceptors (Lipinski definition) is 4. The van der Waals surface area contributed by atoms with E-state index in [4.69, 9.17) is 18.8 Å². The van der Waals surface area contributed by atoms with Crippen molar-refractivity contribution >= 4 is 43.9 Å². The zero-order valence-electron chi connectivity index (χ0n) is 23.6. The van der Waals surface area contributed by atoms with Crippen molar-refractivity contribution in [2.75, 3.05) is 0 Å². The van der Waals surface area contributed by atoms with E-state index in [9.17, 15) is 0 Å². The molecule has 0 saturated carbocycles. The molecule has 0 aliphatic carbocycles. The lowest BCUT2D eigenvalue weighted by Gasteiger charge is -2.09. The van der Waals surface area contributed by atoms with E-state index in [1.807, 2.05) is 66.7 Å². The molecule has 0 N–H and O–H groups in total. The Hall–Kier alpha value is -6.00. The molecule has 206 valence electrons. The summed E-state index contributed by atoms with van der Waals surface area (Å²) in [5.74, 6) is 0.630. The summed E-state index contributed by atoms with van der Waals surface area (Å²) in [7, 11) is 0. The second-order valence-corrected chi connectivity index (χ2v) is 11.0. The second kappa shape index (κ2) is 9.79. The maximum Gasteiger partial charge on any atom is 0.164 e. The standard InChI is InChI=1S/C40H24N2O2/c1-3-10-25(11-4-1)34-24-35(26-12-5-2-6-13-26)42-40(41-34)32-16-9-15-31-33-22-27(19-21-37(33)44-39(31)32)28-18-20-30-29-14-7-8-17-36(29)43-38(30)23-28/h1-24H. The smallest absolute Gasteiger partial charge is 0.164 e. The Morgan fingerprint density at radius 2 is 0.977 bits per heavy atom. The van der Waals surface area contributed by atoms with Gasteiger partial charge in [0.1, 0.15) is 22.3 Å². The van der Waals surface area contributed by atoms with Gasteiger partial charge in [0.15, 0.2) is 5.82 Å². The van der Waals surface area contributed by atoms with Gasteiger partial charge in [0.2, 0.25) is 0 Å². The normalized spacial score (nSPS) is 11.6. The van der Waals surface area contributed by atoms with Crippen LogP contribution in [0, 0.1) is 0 Å². The van der Waals surface area contributed by atoms with Gasteiger partial charge >= 0.3 is 0 Å². The van der Waals surface area contributed by atoms with Gasteiger partial charge in [-0.05, 0) is 53.6 Å². The minimum Gasteiger partial charge on any atom is -0.456 e. The predicted molar refractivity (Wildman–Crippen MR) is 178 cm³/mol. The zero-order valence-corrected chi connectivity index (χ0v) is 23.6. The summed E-state index contributed by atoms with van der Waals surface area (Å²) in [6.45, 7) is 0. The number of furan rings is 2. The van der Waals surface area contributed by atoms with E-state index in [1.54, 1.807) is 0 Å². The Labute approximate surface area is 252 Å². The van der Waals surface area contributed by atoms with Gasteiger partial charge in [-0.25, -0.2) is 9.97 Å². The molecular formula is C40H24N2O2. The molecule has 6 aromatic carbocycles. The molecule has 9 rings (SSSR count). The van der Waals surface area contributed by atoms with Crippen LogP contribution in [0.1, 0.15) is 0 Å². The first-order chi connectivity index (χ1) is 21.8. The Morgan fingerprint density at radius 1 is 0.364 bits per heavy atom. The average Bonchev–Trinajstić information content (AvgIpc) is 3.66. The molecule has 44 heavy (non-hydrogen) atoms. The molecule has 0 spiro atoms. The molecule has 4 nitrogen and oxygen atoms in total. The van der Waals surface area contributed by atoms with E-state index in [0.717, 1.165) is 83.1 Å². The summed E-state index contributed by atoms with van der Waals surface area (Å²) in [4.78, 5) is 10.1. The van der Waals surface area contributed by atoms with Crippen LogP contribution in [-0.4, -0.2) is 9.97 Å².